The minimum atomic E-state index is -0.566. The lowest BCUT2D eigenvalue weighted by molar-refractivity contribution is 0.0524. The molecule has 4 nitrogen and oxygen atoms in total. The molecule has 1 aromatic heterocycles. The fraction of sp³-hybridized carbons (Fsp3) is 0.333. The van der Waals surface area contributed by atoms with Crippen molar-refractivity contribution in [2.45, 2.75) is 25.8 Å². The second-order valence-corrected chi connectivity index (χ2v) is 5.33. The smallest absolute Gasteiger partial charge is 0.343 e. The molecule has 0 unspecified atom stereocenters. The Hall–Kier alpha value is -1.81. The van der Waals surface area contributed by atoms with Crippen LogP contribution in [0.1, 0.15) is 36.2 Å². The predicted molar refractivity (Wildman–Crippen MR) is 77.4 cm³/mol. The molecule has 0 aliphatic heterocycles. The van der Waals surface area contributed by atoms with Gasteiger partial charge in [0.05, 0.1) is 12.1 Å². The van der Waals surface area contributed by atoms with E-state index in [-0.39, 0.29) is 17.6 Å². The van der Waals surface area contributed by atoms with E-state index in [9.17, 15) is 9.59 Å². The van der Waals surface area contributed by atoms with Gasteiger partial charge in [0.25, 0.3) is 0 Å². The largest absolute Gasteiger partial charge is 0.462 e. The number of hydrogen-bond acceptors (Lipinski definition) is 3. The van der Waals surface area contributed by atoms with Gasteiger partial charge in [-0.2, -0.15) is 0 Å². The van der Waals surface area contributed by atoms with Gasteiger partial charge in [-0.25, -0.2) is 4.79 Å². The first-order valence-electron chi connectivity index (χ1n) is 6.63. The summed E-state index contributed by atoms with van der Waals surface area (Å²) in [6, 6.07) is 5.44. The number of carbonyl (C=O) groups is 1. The van der Waals surface area contributed by atoms with Crippen molar-refractivity contribution in [3.63, 3.8) is 0 Å². The van der Waals surface area contributed by atoms with Crippen molar-refractivity contribution < 1.29 is 9.53 Å². The van der Waals surface area contributed by atoms with E-state index in [1.165, 1.54) is 0 Å². The number of carbonyl (C=O) groups excluding carboxylic acids is 1. The quantitative estimate of drug-likeness (QED) is 0.816. The summed E-state index contributed by atoms with van der Waals surface area (Å²) >= 11 is 6.01. The highest BCUT2D eigenvalue weighted by atomic mass is 35.5. The molecule has 0 spiro atoms. The predicted octanol–water partition coefficient (Wildman–Crippen LogP) is 3.17. The molecular formula is C15H14ClNO3. The minimum Gasteiger partial charge on any atom is -0.462 e. The molecular weight excluding hydrogens is 278 g/mol. The molecule has 1 aliphatic carbocycles. The highest BCUT2D eigenvalue weighted by Crippen LogP contribution is 2.37. The maximum atomic E-state index is 12.4. The van der Waals surface area contributed by atoms with Crippen LogP contribution < -0.4 is 5.43 Å². The van der Waals surface area contributed by atoms with Crippen molar-refractivity contribution in [1.29, 1.82) is 0 Å². The lowest BCUT2D eigenvalue weighted by Crippen LogP contribution is -2.20. The van der Waals surface area contributed by atoms with E-state index in [0.717, 1.165) is 18.4 Å². The number of esters is 1. The number of aromatic nitrogens is 1. The number of nitrogens with zero attached hydrogens (tertiary/aromatic N) is 1. The van der Waals surface area contributed by atoms with Gasteiger partial charge in [-0.3, -0.25) is 4.79 Å². The van der Waals surface area contributed by atoms with E-state index >= 15 is 0 Å². The Morgan fingerprint density at radius 1 is 1.45 bits per heavy atom. The summed E-state index contributed by atoms with van der Waals surface area (Å²) in [5.41, 5.74) is 0.568. The van der Waals surface area contributed by atoms with Crippen LogP contribution in [0, 0.1) is 0 Å². The van der Waals surface area contributed by atoms with Crippen molar-refractivity contribution in [3.05, 3.63) is 45.2 Å². The van der Waals surface area contributed by atoms with Crippen LogP contribution >= 0.6 is 11.6 Å². The Kier molecular flexibility index (Phi) is 3.26. The topological polar surface area (TPSA) is 48.3 Å². The zero-order chi connectivity index (χ0) is 14.3. The highest BCUT2D eigenvalue weighted by molar-refractivity contribution is 6.31. The van der Waals surface area contributed by atoms with E-state index in [2.05, 4.69) is 0 Å². The third-order valence-corrected chi connectivity index (χ3v) is 3.67. The molecule has 0 radical (unpaired) electrons. The molecule has 0 atom stereocenters. The number of pyridine rings is 1. The number of halogens is 1. The van der Waals surface area contributed by atoms with Gasteiger partial charge in [0.2, 0.25) is 5.43 Å². The molecule has 104 valence electrons. The van der Waals surface area contributed by atoms with Crippen molar-refractivity contribution in [1.82, 2.24) is 4.57 Å². The van der Waals surface area contributed by atoms with Crippen LogP contribution in [0.5, 0.6) is 0 Å². The van der Waals surface area contributed by atoms with Gasteiger partial charge in [-0.15, -0.1) is 0 Å². The van der Waals surface area contributed by atoms with Crippen LogP contribution in [0.4, 0.5) is 0 Å². The highest BCUT2D eigenvalue weighted by Gasteiger charge is 2.27. The van der Waals surface area contributed by atoms with E-state index in [0.29, 0.717) is 16.5 Å². The Bertz CT molecular complexity index is 747. The lowest BCUT2D eigenvalue weighted by atomic mass is 10.1. The van der Waals surface area contributed by atoms with Gasteiger partial charge in [0, 0.05) is 22.6 Å². The molecule has 2 aromatic rings. The summed E-state index contributed by atoms with van der Waals surface area (Å²) in [5.74, 6) is -0.566. The van der Waals surface area contributed by atoms with Crippen molar-refractivity contribution in [3.8, 4) is 0 Å². The summed E-state index contributed by atoms with van der Waals surface area (Å²) in [4.78, 5) is 24.3. The minimum absolute atomic E-state index is 0.0913. The number of rotatable bonds is 3. The van der Waals surface area contributed by atoms with Crippen molar-refractivity contribution >= 4 is 28.5 Å². The van der Waals surface area contributed by atoms with E-state index in [1.54, 1.807) is 31.3 Å². The molecule has 0 saturated heterocycles. The summed E-state index contributed by atoms with van der Waals surface area (Å²) in [6.45, 7) is 1.97. The zero-order valence-corrected chi connectivity index (χ0v) is 11.8. The van der Waals surface area contributed by atoms with Crippen LogP contribution in [0.2, 0.25) is 5.02 Å². The molecule has 1 aromatic carbocycles. The lowest BCUT2D eigenvalue weighted by Gasteiger charge is -2.12. The first-order chi connectivity index (χ1) is 9.61. The molecule has 3 rings (SSSR count). The molecule has 5 heteroatoms. The number of fused-ring (bicyclic) bond motifs is 1. The van der Waals surface area contributed by atoms with Crippen LogP contribution in [-0.4, -0.2) is 17.1 Å². The summed E-state index contributed by atoms with van der Waals surface area (Å²) in [7, 11) is 0. The van der Waals surface area contributed by atoms with Crippen LogP contribution in [0.3, 0.4) is 0 Å². The van der Waals surface area contributed by atoms with Gasteiger partial charge in [-0.05, 0) is 38.0 Å². The van der Waals surface area contributed by atoms with Crippen LogP contribution in [-0.2, 0) is 4.74 Å². The van der Waals surface area contributed by atoms with Crippen LogP contribution in [0.15, 0.2) is 29.2 Å². The molecule has 1 saturated carbocycles. The van der Waals surface area contributed by atoms with Gasteiger partial charge in [-0.1, -0.05) is 11.6 Å². The molecule has 0 bridgehead atoms. The standard InChI is InChI=1S/C15H14ClNO3/c1-2-20-15(19)12-8-17(10-4-5-10)13-7-9(16)3-6-11(13)14(12)18/h3,6-8,10H,2,4-5H2,1H3. The van der Waals surface area contributed by atoms with Gasteiger partial charge >= 0.3 is 5.97 Å². The zero-order valence-electron chi connectivity index (χ0n) is 11.1. The van der Waals surface area contributed by atoms with Crippen molar-refractivity contribution in [2.24, 2.45) is 0 Å². The second-order valence-electron chi connectivity index (χ2n) is 4.89. The Labute approximate surface area is 120 Å². The average Bonchev–Trinajstić information content (AvgIpc) is 3.23. The molecule has 0 amide bonds. The number of ether oxygens (including phenoxy) is 1. The van der Waals surface area contributed by atoms with Gasteiger partial charge < -0.3 is 9.30 Å². The molecule has 0 N–H and O–H groups in total. The van der Waals surface area contributed by atoms with Crippen LogP contribution in [0.25, 0.3) is 10.9 Å². The third-order valence-electron chi connectivity index (χ3n) is 3.43. The normalized spacial score (nSPS) is 14.5. The molecule has 1 heterocycles. The summed E-state index contributed by atoms with van der Waals surface area (Å²) < 4.78 is 6.93. The second kappa shape index (κ2) is 4.94. The fourth-order valence-corrected chi connectivity index (χ4v) is 2.50. The Balaban J connectivity index is 2.28. The first-order valence-corrected chi connectivity index (χ1v) is 7.01. The maximum Gasteiger partial charge on any atom is 0.343 e. The monoisotopic (exact) mass is 291 g/mol. The molecule has 1 fully saturated rings. The SMILES string of the molecule is CCOC(=O)c1cn(C2CC2)c2cc(Cl)ccc2c1=O. The van der Waals surface area contributed by atoms with Gasteiger partial charge in [0.1, 0.15) is 5.56 Å². The van der Waals surface area contributed by atoms with E-state index in [4.69, 9.17) is 16.3 Å². The first kappa shape index (κ1) is 13.2. The van der Waals surface area contributed by atoms with Gasteiger partial charge in [0.15, 0.2) is 0 Å². The molecule has 1 aliphatic rings. The van der Waals surface area contributed by atoms with E-state index < -0.39 is 5.97 Å². The van der Waals surface area contributed by atoms with Crippen molar-refractivity contribution in [2.75, 3.05) is 6.61 Å². The Morgan fingerprint density at radius 3 is 2.85 bits per heavy atom. The third kappa shape index (κ3) is 2.20. The van der Waals surface area contributed by atoms with E-state index in [1.807, 2.05) is 4.57 Å². The number of hydrogen-bond donors (Lipinski definition) is 0. The summed E-state index contributed by atoms with van der Waals surface area (Å²) in [6.07, 6.45) is 3.70. The average molecular weight is 292 g/mol. The fourth-order valence-electron chi connectivity index (χ4n) is 2.33. The molecule has 20 heavy (non-hydrogen) atoms. The summed E-state index contributed by atoms with van der Waals surface area (Å²) in [5, 5.41) is 1.09. The number of benzene rings is 1. The Morgan fingerprint density at radius 2 is 2.20 bits per heavy atom. The maximum absolute atomic E-state index is 12.4.